The summed E-state index contributed by atoms with van der Waals surface area (Å²) in [4.78, 5) is 33.7. The SMILES string of the molecule is O=C(NCc1cccnc1Oc1cccc(C(F)(F)F)c1)c1cnc[nH]c1=O. The van der Waals surface area contributed by atoms with Crippen molar-refractivity contribution in [2.75, 3.05) is 0 Å². The number of ether oxygens (including phenoxy) is 1. The number of aromatic nitrogens is 3. The molecule has 0 aliphatic heterocycles. The summed E-state index contributed by atoms with van der Waals surface area (Å²) in [5.74, 6) is -0.685. The summed E-state index contributed by atoms with van der Waals surface area (Å²) >= 11 is 0. The Morgan fingerprint density at radius 3 is 2.79 bits per heavy atom. The van der Waals surface area contributed by atoms with Crippen LogP contribution < -0.4 is 15.6 Å². The van der Waals surface area contributed by atoms with Crippen molar-refractivity contribution in [2.24, 2.45) is 0 Å². The van der Waals surface area contributed by atoms with Crippen molar-refractivity contribution in [3.8, 4) is 11.6 Å². The number of carbonyl (C=O) groups excluding carboxylic acids is 1. The molecule has 10 heteroatoms. The van der Waals surface area contributed by atoms with Gasteiger partial charge in [0.1, 0.15) is 11.3 Å². The van der Waals surface area contributed by atoms with Crippen molar-refractivity contribution < 1.29 is 22.7 Å². The lowest BCUT2D eigenvalue weighted by molar-refractivity contribution is -0.137. The third kappa shape index (κ3) is 4.53. The molecule has 28 heavy (non-hydrogen) atoms. The molecule has 0 radical (unpaired) electrons. The Labute approximate surface area is 156 Å². The number of amides is 1. The standard InChI is InChI=1S/C18H13F3N4O3/c19-18(20,21)12-4-1-5-13(7-12)28-17-11(3-2-6-23-17)8-24-15(26)14-9-22-10-25-16(14)27/h1-7,9-10H,8H2,(H,24,26)(H,22,25,27). The topological polar surface area (TPSA) is 97.0 Å². The van der Waals surface area contributed by atoms with Crippen LogP contribution in [0.5, 0.6) is 11.6 Å². The van der Waals surface area contributed by atoms with E-state index in [4.69, 9.17) is 4.74 Å². The van der Waals surface area contributed by atoms with Gasteiger partial charge in [0.05, 0.1) is 11.9 Å². The van der Waals surface area contributed by atoms with Gasteiger partial charge in [-0.2, -0.15) is 13.2 Å². The van der Waals surface area contributed by atoms with Crippen molar-refractivity contribution in [2.45, 2.75) is 12.7 Å². The minimum absolute atomic E-state index is 0.0298. The molecule has 2 N–H and O–H groups in total. The van der Waals surface area contributed by atoms with E-state index in [0.717, 1.165) is 24.7 Å². The molecule has 0 atom stereocenters. The van der Waals surface area contributed by atoms with Gasteiger partial charge in [-0.15, -0.1) is 0 Å². The molecule has 3 rings (SSSR count). The molecule has 0 spiro atoms. The monoisotopic (exact) mass is 390 g/mol. The van der Waals surface area contributed by atoms with E-state index in [1.807, 2.05) is 0 Å². The molecule has 0 fully saturated rings. The Balaban J connectivity index is 1.76. The van der Waals surface area contributed by atoms with Crippen LogP contribution in [0.2, 0.25) is 0 Å². The largest absolute Gasteiger partial charge is 0.439 e. The van der Waals surface area contributed by atoms with Crippen LogP contribution in [0.3, 0.4) is 0 Å². The summed E-state index contributed by atoms with van der Waals surface area (Å²) in [6.07, 6.45) is -0.824. The maximum absolute atomic E-state index is 12.8. The highest BCUT2D eigenvalue weighted by Crippen LogP contribution is 2.32. The molecule has 144 valence electrons. The number of pyridine rings is 1. The molecule has 7 nitrogen and oxygen atoms in total. The Bertz CT molecular complexity index is 1050. The molecule has 0 aliphatic rings. The summed E-state index contributed by atoms with van der Waals surface area (Å²) in [5, 5.41) is 2.52. The van der Waals surface area contributed by atoms with E-state index in [-0.39, 0.29) is 23.7 Å². The molecule has 0 saturated carbocycles. The molecule has 0 bridgehead atoms. The predicted molar refractivity (Wildman–Crippen MR) is 91.8 cm³/mol. The number of alkyl halides is 3. The first kappa shape index (κ1) is 19.1. The van der Waals surface area contributed by atoms with E-state index in [9.17, 15) is 22.8 Å². The van der Waals surface area contributed by atoms with E-state index < -0.39 is 23.2 Å². The number of nitrogens with zero attached hydrogens (tertiary/aromatic N) is 2. The molecular weight excluding hydrogens is 377 g/mol. The number of benzene rings is 1. The van der Waals surface area contributed by atoms with Crippen LogP contribution in [0, 0.1) is 0 Å². The third-order valence-corrected chi connectivity index (χ3v) is 3.63. The molecule has 0 aliphatic carbocycles. The maximum Gasteiger partial charge on any atom is 0.416 e. The van der Waals surface area contributed by atoms with Crippen LogP contribution >= 0.6 is 0 Å². The van der Waals surface area contributed by atoms with Gasteiger partial charge in [0, 0.05) is 24.5 Å². The zero-order valence-corrected chi connectivity index (χ0v) is 14.2. The Hall–Kier alpha value is -3.69. The fourth-order valence-electron chi connectivity index (χ4n) is 2.27. The van der Waals surface area contributed by atoms with Crippen LogP contribution in [0.25, 0.3) is 0 Å². The number of rotatable bonds is 5. The van der Waals surface area contributed by atoms with Gasteiger partial charge in [-0.3, -0.25) is 9.59 Å². The van der Waals surface area contributed by atoms with E-state index >= 15 is 0 Å². The lowest BCUT2D eigenvalue weighted by Gasteiger charge is -2.12. The first-order valence-corrected chi connectivity index (χ1v) is 7.94. The quantitative estimate of drug-likeness (QED) is 0.698. The Morgan fingerprint density at radius 1 is 1.21 bits per heavy atom. The second-order valence-corrected chi connectivity index (χ2v) is 5.57. The Morgan fingerprint density at radius 2 is 2.04 bits per heavy atom. The molecule has 2 heterocycles. The third-order valence-electron chi connectivity index (χ3n) is 3.63. The van der Waals surface area contributed by atoms with Gasteiger partial charge in [-0.05, 0) is 24.3 Å². The fraction of sp³-hybridized carbons (Fsp3) is 0.111. The van der Waals surface area contributed by atoms with Crippen molar-refractivity contribution in [1.29, 1.82) is 0 Å². The molecule has 3 aromatic rings. The minimum atomic E-state index is -4.50. The molecule has 0 unspecified atom stereocenters. The number of carbonyl (C=O) groups is 1. The Kier molecular flexibility index (Phi) is 5.39. The van der Waals surface area contributed by atoms with Crippen molar-refractivity contribution in [3.05, 3.63) is 82.2 Å². The first-order chi connectivity index (χ1) is 13.3. The van der Waals surface area contributed by atoms with Gasteiger partial charge in [0.15, 0.2) is 0 Å². The lowest BCUT2D eigenvalue weighted by Crippen LogP contribution is -2.29. The fourth-order valence-corrected chi connectivity index (χ4v) is 2.27. The normalized spacial score (nSPS) is 11.1. The highest BCUT2D eigenvalue weighted by Gasteiger charge is 2.30. The first-order valence-electron chi connectivity index (χ1n) is 7.94. The number of halogens is 3. The average Bonchev–Trinajstić information content (AvgIpc) is 2.67. The zero-order valence-electron chi connectivity index (χ0n) is 14.2. The van der Waals surface area contributed by atoms with Crippen LogP contribution in [0.15, 0.2) is 59.9 Å². The molecular formula is C18H13F3N4O3. The second-order valence-electron chi connectivity index (χ2n) is 5.57. The smallest absolute Gasteiger partial charge is 0.416 e. The number of hydrogen-bond donors (Lipinski definition) is 2. The van der Waals surface area contributed by atoms with Gasteiger partial charge >= 0.3 is 6.18 Å². The lowest BCUT2D eigenvalue weighted by atomic mass is 10.2. The van der Waals surface area contributed by atoms with Gasteiger partial charge in [-0.25, -0.2) is 9.97 Å². The van der Waals surface area contributed by atoms with E-state index in [1.165, 1.54) is 18.3 Å². The maximum atomic E-state index is 12.8. The number of nitrogens with one attached hydrogen (secondary N) is 2. The molecule has 1 aromatic carbocycles. The van der Waals surface area contributed by atoms with E-state index in [2.05, 4.69) is 20.3 Å². The van der Waals surface area contributed by atoms with E-state index in [1.54, 1.807) is 12.1 Å². The second kappa shape index (κ2) is 7.91. The van der Waals surface area contributed by atoms with Crippen LogP contribution in [-0.4, -0.2) is 20.9 Å². The summed E-state index contributed by atoms with van der Waals surface area (Å²) < 4.78 is 44.0. The van der Waals surface area contributed by atoms with Gasteiger partial charge < -0.3 is 15.0 Å². The summed E-state index contributed by atoms with van der Waals surface area (Å²) in [6.45, 7) is -0.0602. The van der Waals surface area contributed by atoms with Crippen LogP contribution in [-0.2, 0) is 12.7 Å². The van der Waals surface area contributed by atoms with Crippen molar-refractivity contribution in [3.63, 3.8) is 0 Å². The highest BCUT2D eigenvalue weighted by molar-refractivity contribution is 5.93. The van der Waals surface area contributed by atoms with E-state index in [0.29, 0.717) is 5.56 Å². The van der Waals surface area contributed by atoms with Crippen LogP contribution in [0.1, 0.15) is 21.5 Å². The van der Waals surface area contributed by atoms with Gasteiger partial charge in [-0.1, -0.05) is 12.1 Å². The van der Waals surface area contributed by atoms with Gasteiger partial charge in [0.25, 0.3) is 11.5 Å². The van der Waals surface area contributed by atoms with Crippen molar-refractivity contribution >= 4 is 5.91 Å². The number of H-pyrrole nitrogens is 1. The van der Waals surface area contributed by atoms with Crippen molar-refractivity contribution in [1.82, 2.24) is 20.3 Å². The average molecular weight is 390 g/mol. The molecule has 1 amide bonds. The molecule has 0 saturated heterocycles. The summed E-state index contributed by atoms with van der Waals surface area (Å²) in [5.41, 5.74) is -1.22. The predicted octanol–water partition coefficient (Wildman–Crippen LogP) is 2.91. The zero-order chi connectivity index (χ0) is 20.1. The number of aromatic amines is 1. The number of hydrogen-bond acceptors (Lipinski definition) is 5. The highest BCUT2D eigenvalue weighted by atomic mass is 19.4. The summed E-state index contributed by atoms with van der Waals surface area (Å²) in [7, 11) is 0. The molecule has 2 aromatic heterocycles. The van der Waals surface area contributed by atoms with Crippen LogP contribution in [0.4, 0.5) is 13.2 Å². The summed E-state index contributed by atoms with van der Waals surface area (Å²) in [6, 6.07) is 7.53. The minimum Gasteiger partial charge on any atom is -0.439 e. The van der Waals surface area contributed by atoms with Gasteiger partial charge in [0.2, 0.25) is 5.88 Å².